The van der Waals surface area contributed by atoms with Crippen LogP contribution in [0.4, 0.5) is 5.69 Å². The average Bonchev–Trinajstić information content (AvgIpc) is 2.67. The molecule has 1 aromatic rings. The molecule has 4 nitrogen and oxygen atoms in total. The van der Waals surface area contributed by atoms with Gasteiger partial charge in [-0.3, -0.25) is 4.79 Å². The van der Waals surface area contributed by atoms with E-state index in [2.05, 4.69) is 24.3 Å². The van der Waals surface area contributed by atoms with E-state index >= 15 is 0 Å². The normalized spacial score (nSPS) is 28.1. The summed E-state index contributed by atoms with van der Waals surface area (Å²) in [5, 5.41) is 0. The lowest BCUT2D eigenvalue weighted by Gasteiger charge is -2.53. The fourth-order valence-corrected chi connectivity index (χ4v) is 4.62. The zero-order valence-electron chi connectivity index (χ0n) is 15.6. The molecule has 4 rings (SSSR count). The molecule has 3 aliphatic rings. The Morgan fingerprint density at radius 1 is 1.16 bits per heavy atom. The summed E-state index contributed by atoms with van der Waals surface area (Å²) in [5.41, 5.74) is 8.37. The Bertz CT molecular complexity index is 572. The van der Waals surface area contributed by atoms with Crippen LogP contribution in [0.15, 0.2) is 24.3 Å². The predicted molar refractivity (Wildman–Crippen MR) is 101 cm³/mol. The maximum Gasteiger partial charge on any atom is 0.224 e. The summed E-state index contributed by atoms with van der Waals surface area (Å²) in [5.74, 6) is 0.0446. The number of carbonyl (C=O) groups is 1. The summed E-state index contributed by atoms with van der Waals surface area (Å²) in [7, 11) is 1.87. The largest absolute Gasteiger partial charge is 0.378 e. The summed E-state index contributed by atoms with van der Waals surface area (Å²) in [6.45, 7) is 4.21. The molecule has 0 spiro atoms. The third-order valence-corrected chi connectivity index (χ3v) is 6.43. The number of fused-ring (bicyclic) bond motifs is 3. The Labute approximate surface area is 151 Å². The molecule has 0 saturated heterocycles. The third-order valence-electron chi connectivity index (χ3n) is 6.43. The lowest BCUT2D eigenvalue weighted by atomic mass is 9.56. The van der Waals surface area contributed by atoms with Crippen LogP contribution in [0.3, 0.4) is 0 Å². The number of hydrogen-bond donors (Lipinski definition) is 1. The van der Waals surface area contributed by atoms with E-state index in [-0.39, 0.29) is 11.5 Å². The molecule has 3 saturated carbocycles. The van der Waals surface area contributed by atoms with Crippen molar-refractivity contribution in [1.82, 2.24) is 0 Å². The van der Waals surface area contributed by atoms with Gasteiger partial charge in [0.2, 0.25) is 5.91 Å². The smallest absolute Gasteiger partial charge is 0.224 e. The van der Waals surface area contributed by atoms with Crippen molar-refractivity contribution in [2.24, 2.45) is 5.73 Å². The Kier molecular flexibility index (Phi) is 5.49. The van der Waals surface area contributed by atoms with Crippen molar-refractivity contribution in [3.8, 4) is 0 Å². The van der Waals surface area contributed by atoms with E-state index in [0.29, 0.717) is 12.0 Å². The number of methoxy groups -OCH3 is 1. The Hall–Kier alpha value is -1.39. The highest BCUT2D eigenvalue weighted by atomic mass is 16.5. The van der Waals surface area contributed by atoms with E-state index < -0.39 is 0 Å². The molecule has 0 aliphatic heterocycles. The van der Waals surface area contributed by atoms with Crippen LogP contribution in [-0.4, -0.2) is 25.2 Å². The number of carbonyl (C=O) groups excluding carboxylic acids is 1. The van der Waals surface area contributed by atoms with Crippen LogP contribution in [0.1, 0.15) is 63.9 Å². The number of hydrogen-bond acceptors (Lipinski definition) is 3. The molecule has 3 fully saturated rings. The highest BCUT2D eigenvalue weighted by Crippen LogP contribution is 2.54. The number of nitrogens with zero attached hydrogens (tertiary/aromatic N) is 1. The molecule has 2 bridgehead atoms. The molecule has 0 aromatic heterocycles. The van der Waals surface area contributed by atoms with E-state index in [9.17, 15) is 4.79 Å². The van der Waals surface area contributed by atoms with Crippen molar-refractivity contribution >= 4 is 11.6 Å². The second kappa shape index (κ2) is 7.46. The minimum absolute atomic E-state index is 0.0446. The van der Waals surface area contributed by atoms with Crippen LogP contribution >= 0.6 is 0 Å². The van der Waals surface area contributed by atoms with Gasteiger partial charge < -0.3 is 15.4 Å². The maximum atomic E-state index is 12.0. The van der Waals surface area contributed by atoms with Gasteiger partial charge in [-0.05, 0) is 81.0 Å². The van der Waals surface area contributed by atoms with Crippen LogP contribution < -0.4 is 10.6 Å². The molecule has 0 heterocycles. The van der Waals surface area contributed by atoms with Crippen LogP contribution in [0.5, 0.6) is 0 Å². The molecule has 1 amide bonds. The second-order valence-corrected chi connectivity index (χ2v) is 7.72. The number of benzene rings is 1. The molecule has 1 aromatic carbocycles. The molecule has 0 unspecified atom stereocenters. The number of ether oxygens (including phenoxy) is 1. The Balaban J connectivity index is 1.73. The molecule has 137 valence electrons. The lowest BCUT2D eigenvalue weighted by Crippen LogP contribution is -2.49. The quantitative estimate of drug-likeness (QED) is 0.763. The van der Waals surface area contributed by atoms with E-state index in [0.717, 1.165) is 37.8 Å². The third kappa shape index (κ3) is 3.61. The Morgan fingerprint density at radius 3 is 2.24 bits per heavy atom. The molecule has 0 atom stereocenters. The van der Waals surface area contributed by atoms with Gasteiger partial charge in [0.1, 0.15) is 0 Å². The fraction of sp³-hybridized carbons (Fsp3) is 0.619. The maximum absolute atomic E-state index is 12.0. The van der Waals surface area contributed by atoms with Gasteiger partial charge in [0, 0.05) is 19.7 Å². The monoisotopic (exact) mass is 343 g/mol. The van der Waals surface area contributed by atoms with Gasteiger partial charge in [-0.2, -0.15) is 0 Å². The SMILES string of the molecule is COC12CCC(c3ccc(N([CH]CCCN)C(C)=O)cc3)(CC1)CC2. The first-order chi connectivity index (χ1) is 12.0. The number of unbranched alkanes of at least 4 members (excludes halogenated alkanes) is 1. The summed E-state index contributed by atoms with van der Waals surface area (Å²) < 4.78 is 5.81. The zero-order chi connectivity index (χ0) is 17.9. The predicted octanol–water partition coefficient (Wildman–Crippen LogP) is 3.93. The molecular formula is C21H31N2O2. The van der Waals surface area contributed by atoms with E-state index in [1.807, 2.05) is 13.7 Å². The summed E-state index contributed by atoms with van der Waals surface area (Å²) in [6.07, 6.45) is 8.83. The minimum atomic E-state index is 0.0446. The molecule has 4 heteroatoms. The van der Waals surface area contributed by atoms with Gasteiger partial charge in [0.15, 0.2) is 0 Å². The zero-order valence-corrected chi connectivity index (χ0v) is 15.6. The summed E-state index contributed by atoms with van der Waals surface area (Å²) in [6, 6.07) is 8.65. The van der Waals surface area contributed by atoms with Gasteiger partial charge in [-0.25, -0.2) is 0 Å². The molecular weight excluding hydrogens is 312 g/mol. The fourth-order valence-electron chi connectivity index (χ4n) is 4.62. The second-order valence-electron chi connectivity index (χ2n) is 7.72. The first-order valence-corrected chi connectivity index (χ1v) is 9.53. The van der Waals surface area contributed by atoms with Crippen molar-refractivity contribution in [2.75, 3.05) is 18.6 Å². The number of rotatable bonds is 7. The molecule has 2 N–H and O–H groups in total. The first kappa shape index (κ1) is 18.4. The minimum Gasteiger partial charge on any atom is -0.378 e. The van der Waals surface area contributed by atoms with E-state index in [4.69, 9.17) is 10.5 Å². The number of nitrogens with two attached hydrogens (primary N) is 1. The van der Waals surface area contributed by atoms with Crippen molar-refractivity contribution in [1.29, 1.82) is 0 Å². The van der Waals surface area contributed by atoms with Gasteiger partial charge >= 0.3 is 0 Å². The standard InChI is InChI=1S/C21H31N2O2/c1-17(24)23(16-4-3-15-22)19-7-5-18(6-8-19)20-9-12-21(25-2,13-10-20)14-11-20/h5-8,16H,3-4,9-15,22H2,1-2H3. The van der Waals surface area contributed by atoms with Gasteiger partial charge in [0.05, 0.1) is 12.1 Å². The van der Waals surface area contributed by atoms with Crippen molar-refractivity contribution in [3.63, 3.8) is 0 Å². The summed E-state index contributed by atoms with van der Waals surface area (Å²) >= 11 is 0. The van der Waals surface area contributed by atoms with Gasteiger partial charge in [-0.15, -0.1) is 0 Å². The molecule has 1 radical (unpaired) electrons. The van der Waals surface area contributed by atoms with E-state index in [1.54, 1.807) is 11.8 Å². The van der Waals surface area contributed by atoms with Crippen LogP contribution in [0.25, 0.3) is 0 Å². The highest BCUT2D eigenvalue weighted by Gasteiger charge is 2.49. The highest BCUT2D eigenvalue weighted by molar-refractivity contribution is 5.92. The number of amides is 1. The first-order valence-electron chi connectivity index (χ1n) is 9.53. The van der Waals surface area contributed by atoms with Crippen molar-refractivity contribution in [2.45, 2.75) is 69.3 Å². The van der Waals surface area contributed by atoms with E-state index in [1.165, 1.54) is 24.8 Å². The summed E-state index contributed by atoms with van der Waals surface area (Å²) in [4.78, 5) is 13.7. The molecule has 25 heavy (non-hydrogen) atoms. The van der Waals surface area contributed by atoms with Crippen LogP contribution in [-0.2, 0) is 14.9 Å². The Morgan fingerprint density at radius 2 is 1.76 bits per heavy atom. The van der Waals surface area contributed by atoms with Crippen LogP contribution in [0, 0.1) is 6.54 Å². The number of anilines is 1. The van der Waals surface area contributed by atoms with Gasteiger partial charge in [-0.1, -0.05) is 12.1 Å². The molecule has 3 aliphatic carbocycles. The van der Waals surface area contributed by atoms with Crippen molar-refractivity contribution in [3.05, 3.63) is 36.4 Å². The van der Waals surface area contributed by atoms with Crippen molar-refractivity contribution < 1.29 is 9.53 Å². The van der Waals surface area contributed by atoms with Gasteiger partial charge in [0.25, 0.3) is 0 Å². The topological polar surface area (TPSA) is 55.6 Å². The van der Waals surface area contributed by atoms with Crippen LogP contribution in [0.2, 0.25) is 0 Å². The average molecular weight is 343 g/mol. The lowest BCUT2D eigenvalue weighted by molar-refractivity contribution is -0.116.